The Morgan fingerprint density at radius 3 is 2.75 bits per heavy atom. The van der Waals surface area contributed by atoms with Gasteiger partial charge in [-0.1, -0.05) is 19.3 Å². The van der Waals surface area contributed by atoms with Crippen molar-refractivity contribution in [2.45, 2.75) is 57.6 Å². The van der Waals surface area contributed by atoms with Crippen molar-refractivity contribution in [1.82, 2.24) is 5.32 Å². The Labute approximate surface area is 97.9 Å². The van der Waals surface area contributed by atoms with Gasteiger partial charge in [0.2, 0.25) is 5.91 Å². The van der Waals surface area contributed by atoms with Gasteiger partial charge in [-0.2, -0.15) is 0 Å². The number of nitrogens with two attached hydrogens (primary N) is 1. The molecule has 1 saturated carbocycles. The molecule has 0 aromatic rings. The average Bonchev–Trinajstić information content (AvgIpc) is 2.29. The van der Waals surface area contributed by atoms with E-state index in [1.807, 2.05) is 0 Å². The van der Waals surface area contributed by atoms with Crippen LogP contribution in [0.2, 0.25) is 0 Å². The lowest BCUT2D eigenvalue weighted by molar-refractivity contribution is -0.122. The molecule has 3 N–H and O–H groups in total. The molecule has 0 aliphatic heterocycles. The second kappa shape index (κ2) is 7.63. The van der Waals surface area contributed by atoms with Crippen LogP contribution in [0.15, 0.2) is 0 Å². The largest absolute Gasteiger partial charge is 0.378 e. The predicted octanol–water partition coefficient (Wildman–Crippen LogP) is 1.19. The predicted molar refractivity (Wildman–Crippen MR) is 64.1 cm³/mol. The SMILES string of the molecule is CC(N)C(=O)NCCCOC1CCCCC1. The first-order valence-corrected chi connectivity index (χ1v) is 6.35. The van der Waals surface area contributed by atoms with Gasteiger partial charge >= 0.3 is 0 Å². The molecule has 1 atom stereocenters. The van der Waals surface area contributed by atoms with E-state index in [2.05, 4.69) is 5.32 Å². The third-order valence-electron chi connectivity index (χ3n) is 2.94. The summed E-state index contributed by atoms with van der Waals surface area (Å²) in [5.74, 6) is -0.0855. The highest BCUT2D eigenvalue weighted by Crippen LogP contribution is 2.20. The first-order chi connectivity index (χ1) is 7.70. The molecule has 4 heteroatoms. The first-order valence-electron chi connectivity index (χ1n) is 6.35. The van der Waals surface area contributed by atoms with Crippen molar-refractivity contribution in [3.63, 3.8) is 0 Å². The van der Waals surface area contributed by atoms with Crippen LogP contribution in [0.5, 0.6) is 0 Å². The molecule has 94 valence electrons. The van der Waals surface area contributed by atoms with E-state index in [9.17, 15) is 4.79 Å². The summed E-state index contributed by atoms with van der Waals surface area (Å²) in [5.41, 5.74) is 5.42. The third kappa shape index (κ3) is 5.47. The Bertz CT molecular complexity index is 201. The fourth-order valence-corrected chi connectivity index (χ4v) is 1.93. The molecule has 0 bridgehead atoms. The van der Waals surface area contributed by atoms with Crippen molar-refractivity contribution in [2.75, 3.05) is 13.2 Å². The van der Waals surface area contributed by atoms with Crippen molar-refractivity contribution in [3.05, 3.63) is 0 Å². The Kier molecular flexibility index (Phi) is 6.42. The van der Waals surface area contributed by atoms with Gasteiger partial charge in [-0.3, -0.25) is 4.79 Å². The van der Waals surface area contributed by atoms with Gasteiger partial charge in [0.1, 0.15) is 0 Å². The number of hydrogen-bond donors (Lipinski definition) is 2. The van der Waals surface area contributed by atoms with Gasteiger partial charge in [-0.15, -0.1) is 0 Å². The zero-order chi connectivity index (χ0) is 11.8. The zero-order valence-corrected chi connectivity index (χ0v) is 10.2. The summed E-state index contributed by atoms with van der Waals surface area (Å²) < 4.78 is 5.74. The van der Waals surface area contributed by atoms with Crippen molar-refractivity contribution in [2.24, 2.45) is 5.73 Å². The van der Waals surface area contributed by atoms with Gasteiger partial charge in [0.25, 0.3) is 0 Å². The Hall–Kier alpha value is -0.610. The minimum Gasteiger partial charge on any atom is -0.378 e. The van der Waals surface area contributed by atoms with Crippen LogP contribution in [0.1, 0.15) is 45.4 Å². The molecule has 1 rings (SSSR count). The fourth-order valence-electron chi connectivity index (χ4n) is 1.93. The molecule has 0 heterocycles. The number of carbonyl (C=O) groups is 1. The summed E-state index contributed by atoms with van der Waals surface area (Å²) in [5, 5.41) is 2.78. The second-order valence-electron chi connectivity index (χ2n) is 4.56. The highest BCUT2D eigenvalue weighted by Gasteiger charge is 2.13. The number of hydrogen-bond acceptors (Lipinski definition) is 3. The summed E-state index contributed by atoms with van der Waals surface area (Å²) in [6.07, 6.45) is 7.67. The van der Waals surface area contributed by atoms with Crippen LogP contribution in [0.4, 0.5) is 0 Å². The summed E-state index contributed by atoms with van der Waals surface area (Å²) >= 11 is 0. The van der Waals surface area contributed by atoms with Crippen LogP contribution in [-0.4, -0.2) is 31.2 Å². The summed E-state index contributed by atoms with van der Waals surface area (Å²) in [6.45, 7) is 3.09. The van der Waals surface area contributed by atoms with E-state index in [1.54, 1.807) is 6.92 Å². The van der Waals surface area contributed by atoms with Crippen molar-refractivity contribution in [3.8, 4) is 0 Å². The molecule has 1 aliphatic rings. The van der Waals surface area contributed by atoms with Crippen molar-refractivity contribution in [1.29, 1.82) is 0 Å². The van der Waals surface area contributed by atoms with Crippen LogP contribution in [0.25, 0.3) is 0 Å². The minimum atomic E-state index is -0.417. The van der Waals surface area contributed by atoms with Gasteiger partial charge in [-0.05, 0) is 26.2 Å². The average molecular weight is 228 g/mol. The number of ether oxygens (including phenoxy) is 1. The van der Waals surface area contributed by atoms with Crippen LogP contribution in [-0.2, 0) is 9.53 Å². The molecular formula is C12H24N2O2. The number of amides is 1. The second-order valence-corrected chi connectivity index (χ2v) is 4.56. The molecule has 1 unspecified atom stereocenters. The molecule has 0 saturated heterocycles. The number of nitrogens with one attached hydrogen (secondary N) is 1. The topological polar surface area (TPSA) is 64.4 Å². The van der Waals surface area contributed by atoms with E-state index in [-0.39, 0.29) is 5.91 Å². The molecule has 0 aromatic heterocycles. The van der Waals surface area contributed by atoms with E-state index in [4.69, 9.17) is 10.5 Å². The van der Waals surface area contributed by atoms with Gasteiger partial charge in [0.05, 0.1) is 12.1 Å². The van der Waals surface area contributed by atoms with E-state index >= 15 is 0 Å². The first kappa shape index (κ1) is 13.5. The smallest absolute Gasteiger partial charge is 0.236 e. The van der Waals surface area contributed by atoms with Crippen LogP contribution >= 0.6 is 0 Å². The third-order valence-corrected chi connectivity index (χ3v) is 2.94. The molecule has 0 aromatic carbocycles. The highest BCUT2D eigenvalue weighted by atomic mass is 16.5. The number of rotatable bonds is 6. The fraction of sp³-hybridized carbons (Fsp3) is 0.917. The van der Waals surface area contributed by atoms with Crippen LogP contribution < -0.4 is 11.1 Å². The van der Waals surface area contributed by atoms with Gasteiger partial charge in [0, 0.05) is 13.2 Å². The molecule has 16 heavy (non-hydrogen) atoms. The Balaban J connectivity index is 1.93. The maximum Gasteiger partial charge on any atom is 0.236 e. The van der Waals surface area contributed by atoms with Gasteiger partial charge in [0.15, 0.2) is 0 Å². The molecule has 1 fully saturated rings. The summed E-state index contributed by atoms with van der Waals surface area (Å²) in [7, 11) is 0. The maximum atomic E-state index is 11.1. The van der Waals surface area contributed by atoms with Crippen molar-refractivity contribution < 1.29 is 9.53 Å². The summed E-state index contributed by atoms with van der Waals surface area (Å²) in [6, 6.07) is -0.417. The molecular weight excluding hydrogens is 204 g/mol. The highest BCUT2D eigenvalue weighted by molar-refractivity contribution is 5.80. The molecule has 0 spiro atoms. The molecule has 0 radical (unpaired) electrons. The van der Waals surface area contributed by atoms with E-state index in [0.29, 0.717) is 12.6 Å². The minimum absolute atomic E-state index is 0.0855. The maximum absolute atomic E-state index is 11.1. The lowest BCUT2D eigenvalue weighted by Crippen LogP contribution is -2.39. The van der Waals surface area contributed by atoms with E-state index in [0.717, 1.165) is 13.0 Å². The molecule has 1 amide bonds. The molecule has 4 nitrogen and oxygen atoms in total. The van der Waals surface area contributed by atoms with Crippen molar-refractivity contribution >= 4 is 5.91 Å². The Morgan fingerprint density at radius 1 is 1.44 bits per heavy atom. The Morgan fingerprint density at radius 2 is 2.12 bits per heavy atom. The van der Waals surface area contributed by atoms with Crippen LogP contribution in [0.3, 0.4) is 0 Å². The number of carbonyl (C=O) groups excluding carboxylic acids is 1. The van der Waals surface area contributed by atoms with E-state index < -0.39 is 6.04 Å². The standard InChI is InChI=1S/C12H24N2O2/c1-10(13)12(15)14-8-5-9-16-11-6-3-2-4-7-11/h10-11H,2-9,13H2,1H3,(H,14,15). The zero-order valence-electron chi connectivity index (χ0n) is 10.2. The van der Waals surface area contributed by atoms with E-state index in [1.165, 1.54) is 32.1 Å². The summed E-state index contributed by atoms with van der Waals surface area (Å²) in [4.78, 5) is 11.1. The lowest BCUT2D eigenvalue weighted by atomic mass is 9.98. The lowest BCUT2D eigenvalue weighted by Gasteiger charge is -2.21. The normalized spacial score (nSPS) is 19.4. The quantitative estimate of drug-likeness (QED) is 0.671. The monoisotopic (exact) mass is 228 g/mol. The van der Waals surface area contributed by atoms with Gasteiger partial charge in [-0.25, -0.2) is 0 Å². The molecule has 1 aliphatic carbocycles. The van der Waals surface area contributed by atoms with Gasteiger partial charge < -0.3 is 15.8 Å². The van der Waals surface area contributed by atoms with Crippen LogP contribution in [0, 0.1) is 0 Å².